The summed E-state index contributed by atoms with van der Waals surface area (Å²) in [5, 5.41) is 5.07. The highest BCUT2D eigenvalue weighted by molar-refractivity contribution is 7.99. The Kier molecular flexibility index (Phi) is 12.6. The molecule has 5 aromatic carbocycles. The van der Waals surface area contributed by atoms with E-state index in [0.717, 1.165) is 11.1 Å². The van der Waals surface area contributed by atoms with Gasteiger partial charge in [0.1, 0.15) is 0 Å². The van der Waals surface area contributed by atoms with E-state index < -0.39 is 16.1 Å². The summed E-state index contributed by atoms with van der Waals surface area (Å²) in [6, 6.07) is 43.4. The molecule has 0 amide bonds. The second kappa shape index (κ2) is 17.8. The second-order valence-electron chi connectivity index (χ2n) is 17.0. The lowest BCUT2D eigenvalue weighted by atomic mass is 9.88. The van der Waals surface area contributed by atoms with Crippen LogP contribution in [0, 0.1) is 0 Å². The van der Waals surface area contributed by atoms with Gasteiger partial charge in [0.15, 0.2) is 0 Å². The average Bonchev–Trinajstić information content (AvgIpc) is 3.18. The zero-order valence-corrected chi connectivity index (χ0v) is 37.2. The molecule has 2 nitrogen and oxygen atoms in total. The maximum absolute atomic E-state index is 4.25. The Bertz CT molecular complexity index is 2320. The second-order valence-corrected chi connectivity index (χ2v) is 30.6. The Balaban J connectivity index is 1.31. The number of fused-ring (bicyclic) bond motifs is 2. The molecule has 0 atom stereocenters. The predicted octanol–water partition coefficient (Wildman–Crippen LogP) is 15.3. The van der Waals surface area contributed by atoms with Crippen LogP contribution in [-0.2, 0) is 0 Å². The lowest BCUT2D eigenvalue weighted by Crippen LogP contribution is -2.19. The number of aromatic nitrogens is 2. The van der Waals surface area contributed by atoms with Gasteiger partial charge in [0, 0.05) is 50.7 Å². The van der Waals surface area contributed by atoms with Gasteiger partial charge in [0.2, 0.25) is 0 Å². The minimum atomic E-state index is -1.06. The number of thioether (sulfide) groups is 2. The van der Waals surface area contributed by atoms with Crippen LogP contribution < -0.4 is 0 Å². The summed E-state index contributed by atoms with van der Waals surface area (Å²) in [5.74, 6) is 2.37. The van der Waals surface area contributed by atoms with Gasteiger partial charge in [-0.1, -0.05) is 100.0 Å². The molecule has 0 fully saturated rings. The highest BCUT2D eigenvalue weighted by atomic mass is 32.2. The van der Waals surface area contributed by atoms with Crippen molar-refractivity contribution in [1.29, 1.82) is 0 Å². The molecular formula is C50H52N2S2Si2. The maximum Gasteiger partial charge on any atom is 0.0450 e. The van der Waals surface area contributed by atoms with Crippen molar-refractivity contribution >= 4 is 85.5 Å². The normalized spacial score (nSPS) is 12.4. The molecule has 0 spiro atoms. The van der Waals surface area contributed by atoms with Crippen molar-refractivity contribution in [3.05, 3.63) is 156 Å². The van der Waals surface area contributed by atoms with Gasteiger partial charge in [-0.15, -0.1) is 23.5 Å². The Morgan fingerprint density at radius 3 is 1.20 bits per heavy atom. The fourth-order valence-electron chi connectivity index (χ4n) is 6.64. The first kappa shape index (κ1) is 39.8. The third-order valence-electron chi connectivity index (χ3n) is 10.0. The third kappa shape index (κ3) is 10.9. The van der Waals surface area contributed by atoms with Crippen LogP contribution in [-0.4, -0.2) is 37.6 Å². The highest BCUT2D eigenvalue weighted by Crippen LogP contribution is 2.38. The number of rotatable bonds is 14. The van der Waals surface area contributed by atoms with Gasteiger partial charge in [-0.25, -0.2) is 0 Å². The van der Waals surface area contributed by atoms with E-state index in [-0.39, 0.29) is 0 Å². The minimum absolute atomic E-state index is 1.06. The zero-order chi connectivity index (χ0) is 39.1. The van der Waals surface area contributed by atoms with E-state index in [2.05, 4.69) is 183 Å². The van der Waals surface area contributed by atoms with Crippen LogP contribution >= 0.6 is 23.5 Å². The van der Waals surface area contributed by atoms with Crippen molar-refractivity contribution in [1.82, 2.24) is 9.97 Å². The van der Waals surface area contributed by atoms with Crippen LogP contribution in [0.15, 0.2) is 144 Å². The van der Waals surface area contributed by atoms with Gasteiger partial charge in [0.25, 0.3) is 0 Å². The summed E-state index contributed by atoms with van der Waals surface area (Å²) < 4.78 is 0. The molecule has 282 valence electrons. The largest absolute Gasteiger partial charge is 0.265 e. The number of pyridine rings is 2. The van der Waals surface area contributed by atoms with Crippen molar-refractivity contribution in [2.75, 3.05) is 11.5 Å². The van der Waals surface area contributed by atoms with Gasteiger partial charge in [0.05, 0.1) is 0 Å². The van der Waals surface area contributed by atoms with Crippen molar-refractivity contribution in [3.63, 3.8) is 0 Å². The van der Waals surface area contributed by atoms with Gasteiger partial charge < -0.3 is 0 Å². The summed E-state index contributed by atoms with van der Waals surface area (Å²) in [6.45, 7) is 14.7. The molecule has 7 aromatic rings. The molecular weight excluding hydrogens is 749 g/mol. The van der Waals surface area contributed by atoms with E-state index >= 15 is 0 Å². The van der Waals surface area contributed by atoms with E-state index in [1.807, 2.05) is 48.3 Å². The van der Waals surface area contributed by atoms with Crippen LogP contribution in [0.1, 0.15) is 22.3 Å². The van der Waals surface area contributed by atoms with E-state index in [4.69, 9.17) is 0 Å². The zero-order valence-electron chi connectivity index (χ0n) is 33.6. The Morgan fingerprint density at radius 1 is 0.429 bits per heavy atom. The lowest BCUT2D eigenvalue weighted by Gasteiger charge is -2.16. The first-order valence-corrected chi connectivity index (χ1v) is 29.0. The number of benzene rings is 5. The molecule has 2 heterocycles. The molecule has 0 aliphatic carbocycles. The summed E-state index contributed by atoms with van der Waals surface area (Å²) >= 11 is 3.98. The molecule has 0 unspecified atom stereocenters. The number of hydrogen-bond acceptors (Lipinski definition) is 4. The predicted molar refractivity (Wildman–Crippen MR) is 256 cm³/mol. The Morgan fingerprint density at radius 2 is 0.804 bits per heavy atom. The molecule has 0 saturated heterocycles. The van der Waals surface area contributed by atoms with Crippen molar-refractivity contribution in [2.45, 2.75) is 61.2 Å². The van der Waals surface area contributed by atoms with Gasteiger partial charge in [-0.05, 0) is 162 Å². The van der Waals surface area contributed by atoms with E-state index in [0.29, 0.717) is 0 Å². The molecule has 0 radical (unpaired) electrons. The summed E-state index contributed by atoms with van der Waals surface area (Å²) in [5.41, 5.74) is 9.39. The minimum Gasteiger partial charge on any atom is -0.265 e. The first-order chi connectivity index (χ1) is 27.0. The molecule has 0 saturated carbocycles. The fourth-order valence-corrected chi connectivity index (χ4v) is 13.6. The van der Waals surface area contributed by atoms with Gasteiger partial charge >= 0.3 is 0 Å². The van der Waals surface area contributed by atoms with Crippen LogP contribution in [0.2, 0.25) is 51.4 Å². The fraction of sp³-hybridized carbons (Fsp3) is 0.200. The van der Waals surface area contributed by atoms with Crippen molar-refractivity contribution in [2.24, 2.45) is 0 Å². The lowest BCUT2D eigenvalue weighted by molar-refractivity contribution is 1.32. The SMILES string of the molecule is C[Si](C)(C)CCSc1ccc2cc(-c3cc(/C=C/c4ccncc4)c(-c4ccc5cc(SCC[Si](C)(C)C)ccc5c4)cc3/C=C/c3ccncc3)ccc2c1. The van der Waals surface area contributed by atoms with E-state index in [9.17, 15) is 0 Å². The quantitative estimate of drug-likeness (QED) is 0.0808. The standard InChI is InChI=1S/C50H52N2S2Si2/c1-55(2,3)29-27-53-47-17-15-39-31-43(13-11-41(39)33-47)49-35-46(10-8-38-21-25-52-26-22-38)50(36-45(49)9-7-37-19-23-51-24-20-37)44-14-12-42-34-48(18-16-40(42)32-44)54-28-30-56(4,5)6/h7-26,31-36H,27-30H2,1-6H3/b9-7+,10-8+. The van der Waals surface area contributed by atoms with E-state index in [1.165, 1.54) is 88.3 Å². The smallest absolute Gasteiger partial charge is 0.0450 e. The van der Waals surface area contributed by atoms with Crippen LogP contribution in [0.3, 0.4) is 0 Å². The summed E-state index contributed by atoms with van der Waals surface area (Å²) in [7, 11) is -2.12. The summed E-state index contributed by atoms with van der Waals surface area (Å²) in [6.07, 6.45) is 16.3. The molecule has 6 heteroatoms. The molecule has 2 aromatic heterocycles. The average molecular weight is 801 g/mol. The third-order valence-corrected chi connectivity index (χ3v) is 16.2. The van der Waals surface area contributed by atoms with Crippen LogP contribution in [0.4, 0.5) is 0 Å². The molecule has 0 aliphatic heterocycles. The van der Waals surface area contributed by atoms with E-state index in [1.54, 1.807) is 0 Å². The topological polar surface area (TPSA) is 25.8 Å². The maximum atomic E-state index is 4.25. The van der Waals surface area contributed by atoms with Crippen molar-refractivity contribution in [3.8, 4) is 22.3 Å². The van der Waals surface area contributed by atoms with Crippen LogP contribution in [0.5, 0.6) is 0 Å². The van der Waals surface area contributed by atoms with Gasteiger partial charge in [-0.2, -0.15) is 0 Å². The highest BCUT2D eigenvalue weighted by Gasteiger charge is 2.15. The Labute approximate surface area is 344 Å². The molecule has 0 bridgehead atoms. The van der Waals surface area contributed by atoms with Gasteiger partial charge in [-0.3, -0.25) is 9.97 Å². The number of nitrogens with zero attached hydrogens (tertiary/aromatic N) is 2. The molecule has 7 rings (SSSR count). The van der Waals surface area contributed by atoms with Crippen molar-refractivity contribution < 1.29 is 0 Å². The monoisotopic (exact) mass is 800 g/mol. The Hall–Kier alpha value is -4.47. The van der Waals surface area contributed by atoms with Crippen LogP contribution in [0.25, 0.3) is 68.1 Å². The molecule has 56 heavy (non-hydrogen) atoms. The first-order valence-electron chi connectivity index (χ1n) is 19.6. The molecule has 0 N–H and O–H groups in total. The number of hydrogen-bond donors (Lipinski definition) is 0. The summed E-state index contributed by atoms with van der Waals surface area (Å²) in [4.78, 5) is 11.2. The molecule has 0 aliphatic rings.